The first-order valence-electron chi connectivity index (χ1n) is 7.87. The molecule has 4 rings (SSSR count). The molecule has 114 valence electrons. The second kappa shape index (κ2) is 4.97. The molecule has 0 aliphatic carbocycles. The molecule has 1 N–H and O–H groups in total. The van der Waals surface area contributed by atoms with Gasteiger partial charge in [-0.05, 0) is 43.7 Å². The van der Waals surface area contributed by atoms with Crippen molar-refractivity contribution in [1.82, 2.24) is 4.57 Å². The van der Waals surface area contributed by atoms with Crippen LogP contribution in [0.15, 0.2) is 72.8 Å². The van der Waals surface area contributed by atoms with Gasteiger partial charge < -0.3 is 9.67 Å². The molecule has 23 heavy (non-hydrogen) atoms. The predicted octanol–water partition coefficient (Wildman–Crippen LogP) is 5.01. The summed E-state index contributed by atoms with van der Waals surface area (Å²) in [5.41, 5.74) is 3.60. The summed E-state index contributed by atoms with van der Waals surface area (Å²) in [6.45, 7) is 3.62. The Labute approximate surface area is 135 Å². The van der Waals surface area contributed by atoms with Crippen molar-refractivity contribution in [2.75, 3.05) is 0 Å². The van der Waals surface area contributed by atoms with Crippen LogP contribution in [0.25, 0.3) is 27.5 Å². The second-order valence-electron chi connectivity index (χ2n) is 6.48. The summed E-state index contributed by atoms with van der Waals surface area (Å²) in [4.78, 5) is 0. The minimum atomic E-state index is -0.820. The van der Waals surface area contributed by atoms with Gasteiger partial charge in [0.25, 0.3) is 0 Å². The van der Waals surface area contributed by atoms with Crippen LogP contribution >= 0.6 is 0 Å². The lowest BCUT2D eigenvalue weighted by molar-refractivity contribution is 0.0786. The average Bonchev–Trinajstić information content (AvgIpc) is 2.89. The van der Waals surface area contributed by atoms with Crippen LogP contribution in [0, 0.1) is 0 Å². The van der Waals surface area contributed by atoms with Crippen LogP contribution in [0.2, 0.25) is 0 Å². The van der Waals surface area contributed by atoms with E-state index in [1.54, 1.807) is 0 Å². The molecule has 3 aromatic carbocycles. The molecule has 0 amide bonds. The van der Waals surface area contributed by atoms with Gasteiger partial charge in [0.15, 0.2) is 0 Å². The first kappa shape index (κ1) is 14.0. The summed E-state index contributed by atoms with van der Waals surface area (Å²) in [5, 5.41) is 12.7. The molecule has 0 aliphatic heterocycles. The zero-order chi connectivity index (χ0) is 16.0. The SMILES string of the molecule is CC(C)(O)c1ccc(-n2c3ccccc3c3ccccc32)cc1. The molecule has 0 spiro atoms. The molecule has 0 atom stereocenters. The zero-order valence-corrected chi connectivity index (χ0v) is 13.3. The fourth-order valence-electron chi connectivity index (χ4n) is 3.22. The van der Waals surface area contributed by atoms with Crippen molar-refractivity contribution in [1.29, 1.82) is 0 Å². The Kier molecular flexibility index (Phi) is 3.03. The van der Waals surface area contributed by atoms with Crippen LogP contribution in [0.4, 0.5) is 0 Å². The third-order valence-corrected chi connectivity index (χ3v) is 4.41. The predicted molar refractivity (Wildman–Crippen MR) is 96.0 cm³/mol. The molecule has 0 radical (unpaired) electrons. The zero-order valence-electron chi connectivity index (χ0n) is 13.3. The van der Waals surface area contributed by atoms with Crippen molar-refractivity contribution in [3.63, 3.8) is 0 Å². The Morgan fingerprint density at radius 2 is 1.17 bits per heavy atom. The number of benzene rings is 3. The van der Waals surface area contributed by atoms with Crippen molar-refractivity contribution in [3.05, 3.63) is 78.4 Å². The second-order valence-corrected chi connectivity index (χ2v) is 6.48. The molecule has 0 fully saturated rings. The number of para-hydroxylation sites is 2. The number of aliphatic hydroxyl groups is 1. The number of fused-ring (bicyclic) bond motifs is 3. The number of aromatic nitrogens is 1. The van der Waals surface area contributed by atoms with Gasteiger partial charge in [-0.1, -0.05) is 48.5 Å². The Bertz CT molecular complexity index is 935. The fraction of sp³-hybridized carbons (Fsp3) is 0.143. The standard InChI is InChI=1S/C21H19NO/c1-21(2,23)15-11-13-16(14-12-15)22-19-9-5-3-7-17(19)18-8-4-6-10-20(18)22/h3-14,23H,1-2H3. The molecular formula is C21H19NO. The molecule has 0 bridgehead atoms. The third-order valence-electron chi connectivity index (χ3n) is 4.41. The Morgan fingerprint density at radius 3 is 1.65 bits per heavy atom. The molecule has 0 aliphatic rings. The topological polar surface area (TPSA) is 25.2 Å². The summed E-state index contributed by atoms with van der Waals surface area (Å²) < 4.78 is 2.28. The molecule has 4 aromatic rings. The molecular weight excluding hydrogens is 282 g/mol. The van der Waals surface area contributed by atoms with Gasteiger partial charge >= 0.3 is 0 Å². The lowest BCUT2D eigenvalue weighted by atomic mass is 9.98. The highest BCUT2D eigenvalue weighted by atomic mass is 16.3. The van der Waals surface area contributed by atoms with Crippen molar-refractivity contribution in [2.24, 2.45) is 0 Å². The maximum atomic E-state index is 10.1. The van der Waals surface area contributed by atoms with E-state index in [2.05, 4.69) is 65.2 Å². The van der Waals surface area contributed by atoms with Gasteiger partial charge in [0, 0.05) is 16.5 Å². The van der Waals surface area contributed by atoms with Crippen LogP contribution in [-0.4, -0.2) is 9.67 Å². The molecule has 0 saturated carbocycles. The lowest BCUT2D eigenvalue weighted by Gasteiger charge is -2.18. The Hall–Kier alpha value is -2.58. The third kappa shape index (κ3) is 2.23. The van der Waals surface area contributed by atoms with Crippen LogP contribution in [0.5, 0.6) is 0 Å². The monoisotopic (exact) mass is 301 g/mol. The molecule has 2 nitrogen and oxygen atoms in total. The van der Waals surface area contributed by atoms with Gasteiger partial charge in [0.2, 0.25) is 0 Å². The first-order chi connectivity index (χ1) is 11.1. The van der Waals surface area contributed by atoms with E-state index in [1.807, 2.05) is 26.0 Å². The summed E-state index contributed by atoms with van der Waals surface area (Å²) in [6.07, 6.45) is 0. The Morgan fingerprint density at radius 1 is 0.696 bits per heavy atom. The highest BCUT2D eigenvalue weighted by Gasteiger charge is 2.16. The first-order valence-corrected chi connectivity index (χ1v) is 7.87. The van der Waals surface area contributed by atoms with E-state index in [4.69, 9.17) is 0 Å². The summed E-state index contributed by atoms with van der Waals surface area (Å²) in [7, 11) is 0. The molecule has 1 aromatic heterocycles. The van der Waals surface area contributed by atoms with Crippen LogP contribution < -0.4 is 0 Å². The van der Waals surface area contributed by atoms with Gasteiger partial charge in [0.05, 0.1) is 16.6 Å². The minimum absolute atomic E-state index is 0.820. The smallest absolute Gasteiger partial charge is 0.0840 e. The number of nitrogens with zero attached hydrogens (tertiary/aromatic N) is 1. The van der Waals surface area contributed by atoms with E-state index in [-0.39, 0.29) is 0 Å². The van der Waals surface area contributed by atoms with Gasteiger partial charge in [-0.25, -0.2) is 0 Å². The minimum Gasteiger partial charge on any atom is -0.386 e. The quantitative estimate of drug-likeness (QED) is 0.553. The van der Waals surface area contributed by atoms with Gasteiger partial charge in [0.1, 0.15) is 0 Å². The molecule has 2 heteroatoms. The maximum Gasteiger partial charge on any atom is 0.0840 e. The van der Waals surface area contributed by atoms with Crippen molar-refractivity contribution in [2.45, 2.75) is 19.4 Å². The Balaban J connectivity index is 2.01. The van der Waals surface area contributed by atoms with Crippen molar-refractivity contribution >= 4 is 21.8 Å². The summed E-state index contributed by atoms with van der Waals surface area (Å²) in [6, 6.07) is 25.1. The molecule has 0 unspecified atom stereocenters. The van der Waals surface area contributed by atoms with Crippen LogP contribution in [0.1, 0.15) is 19.4 Å². The molecule has 0 saturated heterocycles. The lowest BCUT2D eigenvalue weighted by Crippen LogP contribution is -2.15. The fourth-order valence-corrected chi connectivity index (χ4v) is 3.22. The summed E-state index contributed by atoms with van der Waals surface area (Å²) in [5.74, 6) is 0. The number of hydrogen-bond acceptors (Lipinski definition) is 1. The number of hydrogen-bond donors (Lipinski definition) is 1. The van der Waals surface area contributed by atoms with Crippen LogP contribution in [-0.2, 0) is 5.60 Å². The van der Waals surface area contributed by atoms with E-state index < -0.39 is 5.60 Å². The van der Waals surface area contributed by atoms with E-state index >= 15 is 0 Å². The largest absolute Gasteiger partial charge is 0.386 e. The van der Waals surface area contributed by atoms with Gasteiger partial charge in [-0.15, -0.1) is 0 Å². The highest BCUT2D eigenvalue weighted by molar-refractivity contribution is 6.09. The average molecular weight is 301 g/mol. The maximum absolute atomic E-state index is 10.1. The highest BCUT2D eigenvalue weighted by Crippen LogP contribution is 2.32. The molecule has 1 heterocycles. The van der Waals surface area contributed by atoms with E-state index in [1.165, 1.54) is 21.8 Å². The van der Waals surface area contributed by atoms with Gasteiger partial charge in [-0.3, -0.25) is 0 Å². The van der Waals surface area contributed by atoms with E-state index in [0.29, 0.717) is 0 Å². The van der Waals surface area contributed by atoms with Crippen LogP contribution in [0.3, 0.4) is 0 Å². The van der Waals surface area contributed by atoms with Crippen molar-refractivity contribution < 1.29 is 5.11 Å². The van der Waals surface area contributed by atoms with E-state index in [9.17, 15) is 5.11 Å². The van der Waals surface area contributed by atoms with Crippen molar-refractivity contribution in [3.8, 4) is 5.69 Å². The normalized spacial score (nSPS) is 12.1. The van der Waals surface area contributed by atoms with Gasteiger partial charge in [-0.2, -0.15) is 0 Å². The van der Waals surface area contributed by atoms with E-state index in [0.717, 1.165) is 11.3 Å². The number of rotatable bonds is 2. The summed E-state index contributed by atoms with van der Waals surface area (Å²) >= 11 is 0.